The van der Waals surface area contributed by atoms with Crippen LogP contribution in [-0.4, -0.2) is 31.7 Å². The van der Waals surface area contributed by atoms with Crippen LogP contribution in [0.4, 0.5) is 5.69 Å². The maximum absolute atomic E-state index is 13.3. The fourth-order valence-corrected chi connectivity index (χ4v) is 4.41. The van der Waals surface area contributed by atoms with Crippen LogP contribution in [0.3, 0.4) is 0 Å². The number of carbonyl (C=O) groups is 2. The fraction of sp³-hybridized carbons (Fsp3) is 0.333. The molecule has 2 aromatic carbocycles. The molecule has 1 fully saturated rings. The largest absolute Gasteiger partial charge is 0.478 e. The van der Waals surface area contributed by atoms with Crippen molar-refractivity contribution in [3.05, 3.63) is 76.4 Å². The summed E-state index contributed by atoms with van der Waals surface area (Å²) in [4.78, 5) is 26.6. The van der Waals surface area contributed by atoms with Gasteiger partial charge in [0.25, 0.3) is 5.91 Å². The van der Waals surface area contributed by atoms with Crippen molar-refractivity contribution in [2.45, 2.75) is 44.6 Å². The summed E-state index contributed by atoms with van der Waals surface area (Å²) in [7, 11) is 1.93. The van der Waals surface area contributed by atoms with Crippen LogP contribution in [0.5, 0.6) is 0 Å². The van der Waals surface area contributed by atoms with E-state index in [0.29, 0.717) is 18.0 Å². The third-order valence-electron chi connectivity index (χ3n) is 6.39. The lowest BCUT2D eigenvalue weighted by Gasteiger charge is -2.19. The van der Waals surface area contributed by atoms with Gasteiger partial charge in [0.1, 0.15) is 12.2 Å². The van der Waals surface area contributed by atoms with E-state index in [2.05, 4.69) is 29.3 Å². The van der Waals surface area contributed by atoms with Crippen molar-refractivity contribution >= 4 is 17.6 Å². The van der Waals surface area contributed by atoms with Gasteiger partial charge in [-0.1, -0.05) is 19.1 Å². The summed E-state index contributed by atoms with van der Waals surface area (Å²) in [5.74, 6) is 0.383. The molecule has 2 heterocycles. The molecule has 2 aliphatic rings. The molecule has 0 bridgehead atoms. The number of anilines is 1. The molecule has 5 rings (SSSR count). The molecule has 1 aliphatic carbocycles. The first-order valence-corrected chi connectivity index (χ1v) is 10.6. The Labute approximate surface area is 180 Å². The van der Waals surface area contributed by atoms with Crippen molar-refractivity contribution in [2.24, 2.45) is 7.05 Å². The molecule has 7 nitrogen and oxygen atoms in total. The molecule has 31 heavy (non-hydrogen) atoms. The highest BCUT2D eigenvalue weighted by atomic mass is 16.4. The van der Waals surface area contributed by atoms with Gasteiger partial charge in [0.05, 0.1) is 12.1 Å². The average molecular weight is 416 g/mol. The van der Waals surface area contributed by atoms with Crippen LogP contribution in [0.1, 0.15) is 74.8 Å². The van der Waals surface area contributed by atoms with Crippen LogP contribution >= 0.6 is 0 Å². The maximum Gasteiger partial charge on any atom is 0.335 e. The zero-order valence-corrected chi connectivity index (χ0v) is 17.6. The van der Waals surface area contributed by atoms with Gasteiger partial charge in [0.2, 0.25) is 0 Å². The van der Waals surface area contributed by atoms with Crippen LogP contribution in [-0.2, 0) is 20.0 Å². The van der Waals surface area contributed by atoms with Gasteiger partial charge < -0.3 is 14.6 Å². The molecule has 1 unspecified atom stereocenters. The van der Waals surface area contributed by atoms with Crippen molar-refractivity contribution in [2.75, 3.05) is 4.90 Å². The minimum atomic E-state index is -0.990. The number of carbonyl (C=O) groups excluding carboxylic acids is 1. The monoisotopic (exact) mass is 416 g/mol. The van der Waals surface area contributed by atoms with E-state index in [4.69, 9.17) is 0 Å². The molecule has 3 aromatic rings. The van der Waals surface area contributed by atoms with E-state index in [1.54, 1.807) is 17.3 Å². The van der Waals surface area contributed by atoms with Gasteiger partial charge in [-0.3, -0.25) is 4.79 Å². The molecule has 1 amide bonds. The molecule has 1 aliphatic heterocycles. The Morgan fingerprint density at radius 3 is 2.74 bits per heavy atom. The van der Waals surface area contributed by atoms with Gasteiger partial charge in [0, 0.05) is 24.7 Å². The van der Waals surface area contributed by atoms with E-state index in [1.807, 2.05) is 23.7 Å². The Morgan fingerprint density at radius 2 is 2.06 bits per heavy atom. The summed E-state index contributed by atoms with van der Waals surface area (Å²) < 4.78 is 1.92. The van der Waals surface area contributed by atoms with Crippen LogP contribution in [0.15, 0.2) is 42.7 Å². The molecule has 1 saturated carbocycles. The highest BCUT2D eigenvalue weighted by Gasteiger charge is 2.36. The van der Waals surface area contributed by atoms with E-state index in [9.17, 15) is 14.7 Å². The van der Waals surface area contributed by atoms with Gasteiger partial charge in [-0.25, -0.2) is 4.79 Å². The minimum Gasteiger partial charge on any atom is -0.478 e. The quantitative estimate of drug-likeness (QED) is 0.658. The van der Waals surface area contributed by atoms with E-state index >= 15 is 0 Å². The molecule has 1 atom stereocenters. The van der Waals surface area contributed by atoms with Crippen LogP contribution in [0.25, 0.3) is 0 Å². The lowest BCUT2D eigenvalue weighted by Crippen LogP contribution is -2.23. The zero-order chi connectivity index (χ0) is 21.7. The summed E-state index contributed by atoms with van der Waals surface area (Å²) in [5.41, 5.74) is 4.69. The van der Waals surface area contributed by atoms with Gasteiger partial charge in [-0.15, -0.1) is 10.2 Å². The third-order valence-corrected chi connectivity index (χ3v) is 6.39. The Morgan fingerprint density at radius 1 is 1.26 bits per heavy atom. The third kappa shape index (κ3) is 3.50. The normalized spacial score (nSPS) is 16.5. The number of fused-ring (bicyclic) bond motifs is 1. The number of carboxylic acid groups (broad SMARTS) is 1. The molecular formula is C24H24N4O3. The zero-order valence-electron chi connectivity index (χ0n) is 17.6. The van der Waals surface area contributed by atoms with Gasteiger partial charge >= 0.3 is 5.97 Å². The number of aromatic carboxylic acids is 1. The first kappa shape index (κ1) is 19.5. The molecule has 0 spiro atoms. The summed E-state index contributed by atoms with van der Waals surface area (Å²) in [5, 5.41) is 17.6. The molecule has 1 N–H and O–H groups in total. The van der Waals surface area contributed by atoms with Gasteiger partial charge in [-0.05, 0) is 65.6 Å². The first-order chi connectivity index (χ1) is 14.9. The first-order valence-electron chi connectivity index (χ1n) is 10.6. The number of benzene rings is 2. The number of hydrogen-bond acceptors (Lipinski definition) is 4. The number of nitrogens with zero attached hydrogens (tertiary/aromatic N) is 4. The standard InChI is InChI=1S/C24H24N4O3/c1-14(8-22-26-25-13-27(22)2)16-4-3-5-18(9-16)28-12-21-19(15-6-7-15)10-17(24(30)31)11-20(21)23(28)29/h3-5,9-11,13-15H,6-8,12H2,1-2H3,(H,30,31). The molecule has 1 aromatic heterocycles. The topological polar surface area (TPSA) is 88.3 Å². The number of hydrogen-bond donors (Lipinski definition) is 1. The van der Waals surface area contributed by atoms with Crippen molar-refractivity contribution in [1.82, 2.24) is 14.8 Å². The molecule has 0 saturated heterocycles. The van der Waals surface area contributed by atoms with Crippen LogP contribution in [0.2, 0.25) is 0 Å². The number of aryl methyl sites for hydroxylation is 1. The molecular weight excluding hydrogens is 392 g/mol. The predicted octanol–water partition coefficient (Wildman–Crippen LogP) is 3.90. The second-order valence-electron chi connectivity index (χ2n) is 8.62. The van der Waals surface area contributed by atoms with E-state index in [-0.39, 0.29) is 17.4 Å². The fourth-order valence-electron chi connectivity index (χ4n) is 4.41. The second kappa shape index (κ2) is 7.34. The second-order valence-corrected chi connectivity index (χ2v) is 8.62. The smallest absolute Gasteiger partial charge is 0.335 e. The summed E-state index contributed by atoms with van der Waals surface area (Å²) in [6, 6.07) is 11.3. The van der Waals surface area contributed by atoms with E-state index in [1.165, 1.54) is 6.07 Å². The summed E-state index contributed by atoms with van der Waals surface area (Å²) in [6.07, 6.45) is 4.56. The Kier molecular flexibility index (Phi) is 4.61. The lowest BCUT2D eigenvalue weighted by molar-refractivity contribution is 0.0696. The van der Waals surface area contributed by atoms with Gasteiger partial charge in [0.15, 0.2) is 0 Å². The number of carboxylic acids is 1. The van der Waals surface area contributed by atoms with Crippen molar-refractivity contribution in [3.8, 4) is 0 Å². The summed E-state index contributed by atoms with van der Waals surface area (Å²) >= 11 is 0. The Balaban J connectivity index is 1.45. The van der Waals surface area contributed by atoms with Crippen LogP contribution < -0.4 is 4.90 Å². The molecule has 0 radical (unpaired) electrons. The average Bonchev–Trinajstić information content (AvgIpc) is 3.45. The van der Waals surface area contributed by atoms with E-state index in [0.717, 1.165) is 47.5 Å². The minimum absolute atomic E-state index is 0.127. The SMILES string of the molecule is CC(Cc1nncn1C)c1cccc(N2Cc3c(cc(C(=O)O)cc3C3CC3)C2=O)c1. The maximum atomic E-state index is 13.3. The van der Waals surface area contributed by atoms with Crippen LogP contribution in [0, 0.1) is 0 Å². The predicted molar refractivity (Wildman–Crippen MR) is 115 cm³/mol. The van der Waals surface area contributed by atoms with Crippen molar-refractivity contribution in [1.29, 1.82) is 0 Å². The highest BCUT2D eigenvalue weighted by molar-refractivity contribution is 6.11. The number of rotatable bonds is 6. The molecule has 158 valence electrons. The van der Waals surface area contributed by atoms with Crippen molar-refractivity contribution in [3.63, 3.8) is 0 Å². The Hall–Kier alpha value is -3.48. The lowest BCUT2D eigenvalue weighted by atomic mass is 9.96. The van der Waals surface area contributed by atoms with Gasteiger partial charge in [-0.2, -0.15) is 0 Å². The summed E-state index contributed by atoms with van der Waals surface area (Å²) in [6.45, 7) is 2.62. The highest BCUT2D eigenvalue weighted by Crippen LogP contribution is 2.45. The molecule has 7 heteroatoms. The van der Waals surface area contributed by atoms with E-state index < -0.39 is 5.97 Å². The number of aromatic nitrogens is 3. The van der Waals surface area contributed by atoms with Crippen molar-refractivity contribution < 1.29 is 14.7 Å². The number of amides is 1. The Bertz CT molecular complexity index is 1200.